The highest BCUT2D eigenvalue weighted by Gasteiger charge is 2.38. The number of nitrogens with two attached hydrogens (primary N) is 1. The molecule has 3 amide bonds. The van der Waals surface area contributed by atoms with Crippen LogP contribution in [-0.2, 0) is 4.79 Å². The van der Waals surface area contributed by atoms with E-state index in [1.807, 2.05) is 70.3 Å². The number of hydrogen-bond acceptors (Lipinski definition) is 7. The monoisotopic (exact) mass is 567 g/mol. The molecule has 0 unspecified atom stereocenters. The minimum atomic E-state index is -0.945. The Morgan fingerprint density at radius 3 is 2.44 bits per heavy atom. The Kier molecular flexibility index (Phi) is 8.76. The van der Waals surface area contributed by atoms with Gasteiger partial charge in [0.2, 0.25) is 5.91 Å². The third-order valence-electron chi connectivity index (χ3n) is 6.73. The lowest BCUT2D eigenvalue weighted by molar-refractivity contribution is -0.123. The van der Waals surface area contributed by atoms with Crippen molar-refractivity contribution in [1.29, 1.82) is 0 Å². The van der Waals surface area contributed by atoms with E-state index in [0.717, 1.165) is 48.3 Å². The van der Waals surface area contributed by atoms with Crippen molar-refractivity contribution >= 4 is 52.0 Å². The minimum absolute atomic E-state index is 0.0363. The van der Waals surface area contributed by atoms with E-state index in [1.54, 1.807) is 0 Å². The number of thiophene rings is 1. The van der Waals surface area contributed by atoms with Crippen molar-refractivity contribution in [1.82, 2.24) is 15.0 Å². The maximum absolute atomic E-state index is 14.3. The van der Waals surface area contributed by atoms with E-state index >= 15 is 0 Å². The van der Waals surface area contributed by atoms with E-state index in [9.17, 15) is 14.4 Å². The van der Waals surface area contributed by atoms with Crippen LogP contribution < -0.4 is 21.3 Å². The van der Waals surface area contributed by atoms with Gasteiger partial charge in [0, 0.05) is 22.1 Å². The predicted molar refractivity (Wildman–Crippen MR) is 159 cm³/mol. The molecular weight excluding hydrogens is 530 g/mol. The van der Waals surface area contributed by atoms with Crippen molar-refractivity contribution in [3.05, 3.63) is 62.3 Å². The molecule has 208 valence electrons. The van der Waals surface area contributed by atoms with Gasteiger partial charge in [0.25, 0.3) is 11.8 Å². The first-order chi connectivity index (χ1) is 18.5. The van der Waals surface area contributed by atoms with Gasteiger partial charge in [0.15, 0.2) is 11.7 Å². The first kappa shape index (κ1) is 28.8. The number of amides is 3. The summed E-state index contributed by atoms with van der Waals surface area (Å²) in [7, 11) is 0. The summed E-state index contributed by atoms with van der Waals surface area (Å²) in [4.78, 5) is 43.5. The van der Waals surface area contributed by atoms with E-state index < -0.39 is 17.5 Å². The number of carbonyl (C=O) groups excluding carboxylic acids is 3. The Hall–Kier alpha value is -3.24. The largest absolute Gasteiger partial charge is 0.395 e. The summed E-state index contributed by atoms with van der Waals surface area (Å²) < 4.78 is 4.30. The maximum atomic E-state index is 14.3. The van der Waals surface area contributed by atoms with Crippen LogP contribution in [0.1, 0.15) is 95.1 Å². The summed E-state index contributed by atoms with van der Waals surface area (Å²) >= 11 is 2.29. The second-order valence-electron chi connectivity index (χ2n) is 11.2. The van der Waals surface area contributed by atoms with Crippen molar-refractivity contribution in [2.75, 3.05) is 10.6 Å². The molecule has 2 heterocycles. The summed E-state index contributed by atoms with van der Waals surface area (Å²) in [5.41, 5.74) is 8.47. The Morgan fingerprint density at radius 2 is 1.82 bits per heavy atom. The molecule has 1 atom stereocenters. The molecule has 10 heteroatoms. The average molecular weight is 568 g/mol. The summed E-state index contributed by atoms with van der Waals surface area (Å²) in [5, 5.41) is 7.96. The number of nitrogen functional groups attached to an aromatic ring is 1. The Labute approximate surface area is 238 Å². The van der Waals surface area contributed by atoms with Crippen LogP contribution in [0.5, 0.6) is 0 Å². The van der Waals surface area contributed by atoms with Crippen LogP contribution in [0, 0.1) is 13.8 Å². The van der Waals surface area contributed by atoms with Gasteiger partial charge in [-0.3, -0.25) is 19.3 Å². The molecule has 0 spiro atoms. The molecule has 3 aromatic rings. The van der Waals surface area contributed by atoms with Crippen LogP contribution in [0.15, 0.2) is 35.7 Å². The highest BCUT2D eigenvalue weighted by Crippen LogP contribution is 2.37. The zero-order valence-corrected chi connectivity index (χ0v) is 24.8. The number of aromatic nitrogens is 1. The van der Waals surface area contributed by atoms with E-state index in [4.69, 9.17) is 5.73 Å². The second kappa shape index (κ2) is 11.9. The zero-order valence-electron chi connectivity index (χ0n) is 23.2. The van der Waals surface area contributed by atoms with Crippen LogP contribution in [0.2, 0.25) is 0 Å². The van der Waals surface area contributed by atoms with E-state index in [0.29, 0.717) is 10.6 Å². The molecule has 0 aliphatic heterocycles. The third-order valence-corrected chi connectivity index (χ3v) is 8.50. The van der Waals surface area contributed by atoms with Crippen molar-refractivity contribution in [3.63, 3.8) is 0 Å². The van der Waals surface area contributed by atoms with Gasteiger partial charge in [0.1, 0.15) is 4.88 Å². The van der Waals surface area contributed by atoms with E-state index in [1.165, 1.54) is 22.7 Å². The topological polar surface area (TPSA) is 117 Å². The molecule has 1 aliphatic carbocycles. The van der Waals surface area contributed by atoms with E-state index in [2.05, 4.69) is 15.0 Å². The average Bonchev–Trinajstić information content (AvgIpc) is 3.52. The van der Waals surface area contributed by atoms with Crippen LogP contribution >= 0.6 is 22.9 Å². The molecule has 1 fully saturated rings. The molecule has 39 heavy (non-hydrogen) atoms. The third kappa shape index (κ3) is 6.67. The van der Waals surface area contributed by atoms with Crippen LogP contribution in [0.25, 0.3) is 0 Å². The molecular formula is C29H37N5O3S2. The number of nitrogens with one attached hydrogen (secondary N) is 2. The van der Waals surface area contributed by atoms with Gasteiger partial charge >= 0.3 is 0 Å². The van der Waals surface area contributed by atoms with Crippen molar-refractivity contribution in [2.24, 2.45) is 0 Å². The number of hydrogen-bond donors (Lipinski definition) is 3. The number of rotatable bonds is 7. The predicted octanol–water partition coefficient (Wildman–Crippen LogP) is 5.77. The Morgan fingerprint density at radius 1 is 1.10 bits per heavy atom. The van der Waals surface area contributed by atoms with Crippen LogP contribution in [-0.4, -0.2) is 33.7 Å². The van der Waals surface area contributed by atoms with Crippen LogP contribution in [0.3, 0.4) is 0 Å². The highest BCUT2D eigenvalue weighted by molar-refractivity contribution is 7.10. The summed E-state index contributed by atoms with van der Waals surface area (Å²) in [5.74, 6) is -1.15. The molecule has 0 radical (unpaired) electrons. The van der Waals surface area contributed by atoms with Crippen molar-refractivity contribution in [2.45, 2.75) is 84.3 Å². The Balaban J connectivity index is 1.76. The molecule has 1 saturated carbocycles. The molecule has 1 aromatic carbocycles. The fourth-order valence-corrected chi connectivity index (χ4v) is 6.47. The standard InChI is InChI=1S/C29H37N5O3S2/c1-17-13-14-20(18(2)16-17)34(24(21-12-9-15-38-21)27(36)32-29(3,4)5)28(37)25-22(30)23(33-39-25)26(35)31-19-10-7-6-8-11-19/h9,12-16,19,24H,6-8,10-11,30H2,1-5H3,(H,31,35)(H,32,36)/t24-/m0/s1. The van der Waals surface area contributed by atoms with Gasteiger partial charge in [-0.25, -0.2) is 0 Å². The molecule has 8 nitrogen and oxygen atoms in total. The van der Waals surface area contributed by atoms with Gasteiger partial charge in [-0.15, -0.1) is 11.3 Å². The van der Waals surface area contributed by atoms with Gasteiger partial charge < -0.3 is 16.4 Å². The number of aryl methyl sites for hydroxylation is 2. The van der Waals surface area contributed by atoms with Gasteiger partial charge in [0.05, 0.1) is 5.69 Å². The van der Waals surface area contributed by atoms with E-state index in [-0.39, 0.29) is 34.1 Å². The smallest absolute Gasteiger partial charge is 0.273 e. The highest BCUT2D eigenvalue weighted by atomic mass is 32.1. The lowest BCUT2D eigenvalue weighted by atomic mass is 9.95. The van der Waals surface area contributed by atoms with Crippen molar-refractivity contribution in [3.8, 4) is 0 Å². The fraction of sp³-hybridized carbons (Fsp3) is 0.448. The van der Waals surface area contributed by atoms with Gasteiger partial charge in [-0.2, -0.15) is 4.37 Å². The number of carbonyl (C=O) groups is 3. The fourth-order valence-electron chi connectivity index (χ4n) is 4.93. The number of benzene rings is 1. The first-order valence-electron chi connectivity index (χ1n) is 13.3. The van der Waals surface area contributed by atoms with Crippen LogP contribution in [0.4, 0.5) is 11.4 Å². The minimum Gasteiger partial charge on any atom is -0.395 e. The normalized spacial score (nSPS) is 15.0. The molecule has 4 rings (SSSR count). The SMILES string of the molecule is Cc1ccc(N(C(=O)c2snc(C(=O)NC3CCCCC3)c2N)[C@H](C(=O)NC(C)(C)C)c2cccs2)c(C)c1. The lowest BCUT2D eigenvalue weighted by Crippen LogP contribution is -2.49. The summed E-state index contributed by atoms with van der Waals surface area (Å²) in [6.07, 6.45) is 5.17. The van der Waals surface area contributed by atoms with Gasteiger partial charge in [-0.05, 0) is 82.1 Å². The summed E-state index contributed by atoms with van der Waals surface area (Å²) in [6.45, 7) is 9.59. The quantitative estimate of drug-likeness (QED) is 0.335. The van der Waals surface area contributed by atoms with Gasteiger partial charge in [-0.1, -0.05) is 43.0 Å². The molecule has 1 aliphatic rings. The maximum Gasteiger partial charge on any atom is 0.273 e. The molecule has 0 bridgehead atoms. The number of nitrogens with zero attached hydrogens (tertiary/aromatic N) is 2. The second-order valence-corrected chi connectivity index (χ2v) is 13.0. The summed E-state index contributed by atoms with van der Waals surface area (Å²) in [6, 6.07) is 8.58. The first-order valence-corrected chi connectivity index (χ1v) is 14.9. The number of anilines is 2. The molecule has 2 aromatic heterocycles. The van der Waals surface area contributed by atoms with Crippen molar-refractivity contribution < 1.29 is 14.4 Å². The lowest BCUT2D eigenvalue weighted by Gasteiger charge is -2.33. The molecule has 4 N–H and O–H groups in total. The zero-order chi connectivity index (χ0) is 28.3. The molecule has 0 saturated heterocycles. The Bertz CT molecular complexity index is 1340.